The molecule has 0 saturated heterocycles. The Morgan fingerprint density at radius 2 is 2.04 bits per heavy atom. The molecule has 3 aromatic rings. The molecule has 128 valence electrons. The SMILES string of the molecule is CC(=O)Nc1cccc(N=Nc2c(C(C)C)nc3ccc(Cl)cn23)c1. The van der Waals surface area contributed by atoms with Gasteiger partial charge in [0.15, 0.2) is 5.82 Å². The number of nitrogens with zero attached hydrogens (tertiary/aromatic N) is 4. The molecular weight excluding hydrogens is 338 g/mol. The fraction of sp³-hybridized carbons (Fsp3) is 0.222. The van der Waals surface area contributed by atoms with Gasteiger partial charge in [-0.15, -0.1) is 10.2 Å². The molecule has 3 rings (SSSR count). The van der Waals surface area contributed by atoms with E-state index in [9.17, 15) is 4.79 Å². The molecule has 0 aliphatic carbocycles. The number of rotatable bonds is 4. The minimum absolute atomic E-state index is 0.132. The number of hydrogen-bond donors (Lipinski definition) is 1. The maximum absolute atomic E-state index is 11.2. The molecule has 0 radical (unpaired) electrons. The normalized spacial score (nSPS) is 11.6. The number of halogens is 1. The highest BCUT2D eigenvalue weighted by molar-refractivity contribution is 6.30. The van der Waals surface area contributed by atoms with Gasteiger partial charge in [0, 0.05) is 18.8 Å². The van der Waals surface area contributed by atoms with Crippen LogP contribution in [0.15, 0.2) is 52.8 Å². The van der Waals surface area contributed by atoms with E-state index in [1.54, 1.807) is 24.4 Å². The zero-order valence-corrected chi connectivity index (χ0v) is 14.9. The van der Waals surface area contributed by atoms with Gasteiger partial charge in [-0.2, -0.15) is 0 Å². The number of aromatic nitrogens is 2. The molecule has 0 fully saturated rings. The average molecular weight is 356 g/mol. The molecule has 0 spiro atoms. The standard InChI is InChI=1S/C18H18ClN5O/c1-11(2)17-18(24-10-13(19)7-8-16(24)21-17)23-22-15-6-4-5-14(9-15)20-12(3)25/h4-11H,1-3H3,(H,20,25). The summed E-state index contributed by atoms with van der Waals surface area (Å²) in [7, 11) is 0. The Labute approximate surface area is 150 Å². The molecule has 1 amide bonds. The first-order valence-electron chi connectivity index (χ1n) is 7.91. The zero-order chi connectivity index (χ0) is 18.0. The van der Waals surface area contributed by atoms with Crippen LogP contribution in [0.5, 0.6) is 0 Å². The van der Waals surface area contributed by atoms with Crippen molar-refractivity contribution in [1.82, 2.24) is 9.38 Å². The van der Waals surface area contributed by atoms with E-state index in [4.69, 9.17) is 11.6 Å². The van der Waals surface area contributed by atoms with Crippen molar-refractivity contribution < 1.29 is 4.79 Å². The van der Waals surface area contributed by atoms with Crippen molar-refractivity contribution in [1.29, 1.82) is 0 Å². The average Bonchev–Trinajstić information content (AvgIpc) is 2.91. The highest BCUT2D eigenvalue weighted by Crippen LogP contribution is 2.30. The minimum Gasteiger partial charge on any atom is -0.326 e. The molecule has 2 aromatic heterocycles. The number of carbonyl (C=O) groups excluding carboxylic acids is 1. The molecule has 0 aliphatic rings. The van der Waals surface area contributed by atoms with Gasteiger partial charge in [-0.05, 0) is 36.2 Å². The van der Waals surface area contributed by atoms with Crippen LogP contribution in [0.4, 0.5) is 17.2 Å². The van der Waals surface area contributed by atoms with Gasteiger partial charge in [0.2, 0.25) is 5.91 Å². The van der Waals surface area contributed by atoms with Crippen LogP contribution in [-0.2, 0) is 4.79 Å². The van der Waals surface area contributed by atoms with E-state index >= 15 is 0 Å². The van der Waals surface area contributed by atoms with E-state index < -0.39 is 0 Å². The Morgan fingerprint density at radius 1 is 1.24 bits per heavy atom. The topological polar surface area (TPSA) is 71.1 Å². The largest absolute Gasteiger partial charge is 0.326 e. The van der Waals surface area contributed by atoms with Crippen molar-refractivity contribution in [3.05, 3.63) is 53.3 Å². The highest BCUT2D eigenvalue weighted by atomic mass is 35.5. The number of pyridine rings is 1. The summed E-state index contributed by atoms with van der Waals surface area (Å²) < 4.78 is 1.83. The predicted molar refractivity (Wildman–Crippen MR) is 99.2 cm³/mol. The number of azo groups is 1. The second-order valence-corrected chi connectivity index (χ2v) is 6.42. The number of imidazole rings is 1. The van der Waals surface area contributed by atoms with Crippen molar-refractivity contribution >= 4 is 40.3 Å². The molecule has 1 N–H and O–H groups in total. The van der Waals surface area contributed by atoms with Crippen LogP contribution in [0, 0.1) is 0 Å². The number of fused-ring (bicyclic) bond motifs is 1. The molecule has 2 heterocycles. The molecule has 6 nitrogen and oxygen atoms in total. The first kappa shape index (κ1) is 17.1. The highest BCUT2D eigenvalue weighted by Gasteiger charge is 2.15. The van der Waals surface area contributed by atoms with Crippen LogP contribution >= 0.6 is 11.6 Å². The summed E-state index contributed by atoms with van der Waals surface area (Å²) in [6, 6.07) is 10.8. The van der Waals surface area contributed by atoms with E-state index in [-0.39, 0.29) is 11.8 Å². The van der Waals surface area contributed by atoms with E-state index in [1.165, 1.54) is 6.92 Å². The summed E-state index contributed by atoms with van der Waals surface area (Å²) in [5.74, 6) is 0.711. The van der Waals surface area contributed by atoms with Crippen LogP contribution in [0.1, 0.15) is 32.4 Å². The number of hydrogen-bond acceptors (Lipinski definition) is 4. The van der Waals surface area contributed by atoms with Gasteiger partial charge in [0.25, 0.3) is 0 Å². The van der Waals surface area contributed by atoms with E-state index in [0.29, 0.717) is 22.2 Å². The quantitative estimate of drug-likeness (QED) is 0.629. The Balaban J connectivity index is 2.02. The second kappa shape index (κ2) is 7.03. The predicted octanol–water partition coefficient (Wildman–Crippen LogP) is 5.48. The maximum Gasteiger partial charge on any atom is 0.221 e. The lowest BCUT2D eigenvalue weighted by Crippen LogP contribution is -2.04. The van der Waals surface area contributed by atoms with Gasteiger partial charge >= 0.3 is 0 Å². The first-order valence-corrected chi connectivity index (χ1v) is 8.29. The molecule has 25 heavy (non-hydrogen) atoms. The smallest absolute Gasteiger partial charge is 0.221 e. The Kier molecular flexibility index (Phi) is 4.81. The lowest BCUT2D eigenvalue weighted by atomic mass is 10.1. The Hall–Kier alpha value is -2.73. The van der Waals surface area contributed by atoms with Crippen LogP contribution in [0.3, 0.4) is 0 Å². The number of nitrogens with one attached hydrogen (secondary N) is 1. The van der Waals surface area contributed by atoms with E-state index in [2.05, 4.69) is 34.4 Å². The van der Waals surface area contributed by atoms with Crippen LogP contribution in [0.25, 0.3) is 5.65 Å². The number of amides is 1. The third-order valence-electron chi connectivity index (χ3n) is 3.56. The van der Waals surface area contributed by atoms with Crippen molar-refractivity contribution in [2.45, 2.75) is 26.7 Å². The zero-order valence-electron chi connectivity index (χ0n) is 14.2. The minimum atomic E-state index is -0.132. The summed E-state index contributed by atoms with van der Waals surface area (Å²) in [5, 5.41) is 12.0. The van der Waals surface area contributed by atoms with Crippen molar-refractivity contribution in [2.75, 3.05) is 5.32 Å². The van der Waals surface area contributed by atoms with Crippen molar-refractivity contribution in [3.8, 4) is 0 Å². The first-order chi connectivity index (χ1) is 11.9. The summed E-state index contributed by atoms with van der Waals surface area (Å²) in [6.07, 6.45) is 1.78. The number of carbonyl (C=O) groups is 1. The molecule has 1 aromatic carbocycles. The number of benzene rings is 1. The number of anilines is 1. The summed E-state index contributed by atoms with van der Waals surface area (Å²) in [6.45, 7) is 5.57. The lowest BCUT2D eigenvalue weighted by Gasteiger charge is -2.03. The van der Waals surface area contributed by atoms with Crippen LogP contribution < -0.4 is 5.32 Å². The van der Waals surface area contributed by atoms with Gasteiger partial charge in [-0.25, -0.2) is 4.98 Å². The second-order valence-electron chi connectivity index (χ2n) is 5.98. The molecule has 0 saturated carbocycles. The fourth-order valence-corrected chi connectivity index (χ4v) is 2.63. The van der Waals surface area contributed by atoms with Crippen LogP contribution in [-0.4, -0.2) is 15.3 Å². The van der Waals surface area contributed by atoms with Crippen molar-refractivity contribution in [2.24, 2.45) is 10.2 Å². The monoisotopic (exact) mass is 355 g/mol. The van der Waals surface area contributed by atoms with Crippen LogP contribution in [0.2, 0.25) is 5.02 Å². The van der Waals surface area contributed by atoms with E-state index in [1.807, 2.05) is 22.6 Å². The van der Waals surface area contributed by atoms with E-state index in [0.717, 1.165) is 11.3 Å². The summed E-state index contributed by atoms with van der Waals surface area (Å²) in [5.41, 5.74) is 2.94. The Morgan fingerprint density at radius 3 is 2.76 bits per heavy atom. The fourth-order valence-electron chi connectivity index (χ4n) is 2.47. The van der Waals surface area contributed by atoms with Gasteiger partial charge < -0.3 is 5.32 Å². The molecular formula is C18H18ClN5O. The Bertz CT molecular complexity index is 961. The molecule has 7 heteroatoms. The summed E-state index contributed by atoms with van der Waals surface area (Å²) in [4.78, 5) is 15.8. The molecule has 0 unspecified atom stereocenters. The lowest BCUT2D eigenvalue weighted by molar-refractivity contribution is -0.114. The van der Waals surface area contributed by atoms with Gasteiger partial charge in [-0.3, -0.25) is 9.20 Å². The van der Waals surface area contributed by atoms with Gasteiger partial charge in [-0.1, -0.05) is 31.5 Å². The van der Waals surface area contributed by atoms with Gasteiger partial charge in [0.1, 0.15) is 5.65 Å². The third-order valence-corrected chi connectivity index (χ3v) is 3.78. The molecule has 0 aliphatic heterocycles. The maximum atomic E-state index is 11.2. The van der Waals surface area contributed by atoms with Crippen molar-refractivity contribution in [3.63, 3.8) is 0 Å². The molecule has 0 bridgehead atoms. The van der Waals surface area contributed by atoms with Gasteiger partial charge in [0.05, 0.1) is 16.4 Å². The molecule has 0 atom stereocenters. The third kappa shape index (κ3) is 3.85. The summed E-state index contributed by atoms with van der Waals surface area (Å²) >= 11 is 6.10.